The number of aromatic nitrogens is 1. The number of pyridine rings is 1. The summed E-state index contributed by atoms with van der Waals surface area (Å²) in [6, 6.07) is 8.24. The van der Waals surface area contributed by atoms with E-state index in [1.54, 1.807) is 30.5 Å². The van der Waals surface area contributed by atoms with Crippen molar-refractivity contribution in [3.63, 3.8) is 0 Å². The number of rotatable bonds is 3. The molecule has 3 nitrogen and oxygen atoms in total. The van der Waals surface area contributed by atoms with Crippen LogP contribution >= 0.6 is 28.1 Å². The van der Waals surface area contributed by atoms with Crippen molar-refractivity contribution in [2.45, 2.75) is 0 Å². The molecule has 0 fully saturated rings. The van der Waals surface area contributed by atoms with Crippen LogP contribution in [0.15, 0.2) is 41.0 Å². The van der Waals surface area contributed by atoms with Crippen LogP contribution in [0.3, 0.4) is 0 Å². The van der Waals surface area contributed by atoms with Gasteiger partial charge in [0.15, 0.2) is 0 Å². The van der Waals surface area contributed by atoms with Gasteiger partial charge in [-0.05, 0) is 46.3 Å². The number of hydrogen-bond acceptors (Lipinski definition) is 3. The van der Waals surface area contributed by atoms with Crippen LogP contribution in [0.25, 0.3) is 0 Å². The first-order valence-corrected chi connectivity index (χ1v) is 6.24. The van der Waals surface area contributed by atoms with E-state index in [2.05, 4.69) is 26.2 Å². The Morgan fingerprint density at radius 3 is 2.67 bits per heavy atom. The van der Waals surface area contributed by atoms with Gasteiger partial charge in [0.1, 0.15) is 16.6 Å². The van der Waals surface area contributed by atoms with E-state index in [-0.39, 0.29) is 5.82 Å². The number of benzene rings is 1. The molecule has 92 valence electrons. The second kappa shape index (κ2) is 5.41. The molecule has 0 saturated carbocycles. The number of halogens is 2. The van der Waals surface area contributed by atoms with E-state index >= 15 is 0 Å². The van der Waals surface area contributed by atoms with Crippen LogP contribution in [0.4, 0.5) is 15.9 Å². The molecule has 3 N–H and O–H groups in total. The maximum absolute atomic E-state index is 13.3. The number of nitrogens with two attached hydrogens (primary N) is 1. The van der Waals surface area contributed by atoms with Crippen molar-refractivity contribution in [3.05, 3.63) is 52.4 Å². The Kier molecular flexibility index (Phi) is 3.88. The SMILES string of the molecule is NC(=S)c1ccc(Nc2ccc(Br)c(F)c2)nc1. The first-order valence-electron chi connectivity index (χ1n) is 5.04. The summed E-state index contributed by atoms with van der Waals surface area (Å²) in [7, 11) is 0. The van der Waals surface area contributed by atoms with Gasteiger partial charge in [0.05, 0.1) is 4.47 Å². The Labute approximate surface area is 117 Å². The van der Waals surface area contributed by atoms with E-state index in [0.717, 1.165) is 0 Å². The third-order valence-electron chi connectivity index (χ3n) is 2.24. The van der Waals surface area contributed by atoms with Crippen LogP contribution in [-0.2, 0) is 0 Å². The zero-order valence-electron chi connectivity index (χ0n) is 9.15. The average Bonchev–Trinajstić information content (AvgIpc) is 2.34. The predicted molar refractivity (Wildman–Crippen MR) is 77.5 cm³/mol. The Hall–Kier alpha value is -1.53. The van der Waals surface area contributed by atoms with Gasteiger partial charge in [-0.1, -0.05) is 12.2 Å². The zero-order valence-corrected chi connectivity index (χ0v) is 11.6. The van der Waals surface area contributed by atoms with E-state index in [4.69, 9.17) is 18.0 Å². The number of thiocarbonyl (C=S) groups is 1. The van der Waals surface area contributed by atoms with Crippen molar-refractivity contribution in [3.8, 4) is 0 Å². The molecule has 18 heavy (non-hydrogen) atoms. The predicted octanol–water partition coefficient (Wildman–Crippen LogP) is 3.36. The molecular formula is C12H9BrFN3S. The van der Waals surface area contributed by atoms with Gasteiger partial charge < -0.3 is 11.1 Å². The molecule has 0 bridgehead atoms. The van der Waals surface area contributed by atoms with Gasteiger partial charge in [-0.2, -0.15) is 0 Å². The Morgan fingerprint density at radius 1 is 1.33 bits per heavy atom. The summed E-state index contributed by atoms with van der Waals surface area (Å²) in [6.07, 6.45) is 1.57. The van der Waals surface area contributed by atoms with Crippen molar-refractivity contribution in [2.24, 2.45) is 5.73 Å². The van der Waals surface area contributed by atoms with Crippen molar-refractivity contribution < 1.29 is 4.39 Å². The summed E-state index contributed by atoms with van der Waals surface area (Å²) < 4.78 is 13.7. The lowest BCUT2D eigenvalue weighted by Crippen LogP contribution is -2.09. The fourth-order valence-electron chi connectivity index (χ4n) is 1.34. The molecule has 1 heterocycles. The highest BCUT2D eigenvalue weighted by atomic mass is 79.9. The Bertz CT molecular complexity index is 586. The molecular weight excluding hydrogens is 317 g/mol. The highest BCUT2D eigenvalue weighted by Gasteiger charge is 2.02. The third kappa shape index (κ3) is 3.02. The topological polar surface area (TPSA) is 50.9 Å². The van der Waals surface area contributed by atoms with E-state index < -0.39 is 0 Å². The van der Waals surface area contributed by atoms with Crippen LogP contribution in [0, 0.1) is 5.82 Å². The van der Waals surface area contributed by atoms with Crippen molar-refractivity contribution in [2.75, 3.05) is 5.32 Å². The van der Waals surface area contributed by atoms with Crippen LogP contribution in [0.1, 0.15) is 5.56 Å². The highest BCUT2D eigenvalue weighted by Crippen LogP contribution is 2.21. The number of nitrogens with one attached hydrogen (secondary N) is 1. The average molecular weight is 326 g/mol. The monoisotopic (exact) mass is 325 g/mol. The van der Waals surface area contributed by atoms with Gasteiger partial charge in [0.2, 0.25) is 0 Å². The maximum Gasteiger partial charge on any atom is 0.139 e. The minimum absolute atomic E-state index is 0.295. The van der Waals surface area contributed by atoms with Crippen molar-refractivity contribution in [1.29, 1.82) is 0 Å². The maximum atomic E-state index is 13.3. The van der Waals surface area contributed by atoms with Gasteiger partial charge in [-0.3, -0.25) is 0 Å². The molecule has 0 aliphatic rings. The molecule has 2 rings (SSSR count). The zero-order chi connectivity index (χ0) is 13.1. The lowest BCUT2D eigenvalue weighted by atomic mass is 10.2. The van der Waals surface area contributed by atoms with E-state index in [1.165, 1.54) is 6.07 Å². The molecule has 6 heteroatoms. The largest absolute Gasteiger partial charge is 0.389 e. The van der Waals surface area contributed by atoms with Gasteiger partial charge in [-0.25, -0.2) is 9.37 Å². The summed E-state index contributed by atoms with van der Waals surface area (Å²) in [5, 5.41) is 2.98. The lowest BCUT2D eigenvalue weighted by Gasteiger charge is -2.06. The number of nitrogens with zero attached hydrogens (tertiary/aromatic N) is 1. The number of hydrogen-bond donors (Lipinski definition) is 2. The molecule has 0 amide bonds. The van der Waals surface area contributed by atoms with Crippen LogP contribution in [0.5, 0.6) is 0 Å². The third-order valence-corrected chi connectivity index (χ3v) is 3.12. The smallest absolute Gasteiger partial charge is 0.139 e. The molecule has 0 atom stereocenters. The molecule has 0 aliphatic heterocycles. The summed E-state index contributed by atoms with van der Waals surface area (Å²) in [5.41, 5.74) is 6.78. The summed E-state index contributed by atoms with van der Waals surface area (Å²) >= 11 is 7.92. The molecule has 1 aromatic carbocycles. The van der Waals surface area contributed by atoms with Crippen LogP contribution in [-0.4, -0.2) is 9.97 Å². The fourth-order valence-corrected chi connectivity index (χ4v) is 1.70. The molecule has 1 aromatic heterocycles. The molecule has 2 aromatic rings. The van der Waals surface area contributed by atoms with Gasteiger partial charge in [0.25, 0.3) is 0 Å². The molecule has 0 unspecified atom stereocenters. The van der Waals surface area contributed by atoms with E-state index in [1.807, 2.05) is 0 Å². The van der Waals surface area contributed by atoms with E-state index in [9.17, 15) is 4.39 Å². The fraction of sp³-hybridized carbons (Fsp3) is 0. The summed E-state index contributed by atoms with van der Waals surface area (Å²) in [5.74, 6) is 0.261. The standard InChI is InChI=1S/C12H9BrFN3S/c13-9-3-2-8(5-10(9)14)17-11-4-1-7(6-16-11)12(15)18/h1-6H,(H2,15,18)(H,16,17). The Balaban J connectivity index is 2.18. The highest BCUT2D eigenvalue weighted by molar-refractivity contribution is 9.10. The number of anilines is 2. The first-order chi connectivity index (χ1) is 8.56. The molecule has 0 aliphatic carbocycles. The van der Waals surface area contributed by atoms with Gasteiger partial charge >= 0.3 is 0 Å². The van der Waals surface area contributed by atoms with E-state index in [0.29, 0.717) is 26.5 Å². The van der Waals surface area contributed by atoms with Gasteiger partial charge in [-0.15, -0.1) is 0 Å². The summed E-state index contributed by atoms with van der Waals surface area (Å²) in [6.45, 7) is 0. The second-order valence-corrected chi connectivity index (χ2v) is 4.84. The molecule has 0 spiro atoms. The van der Waals surface area contributed by atoms with Crippen LogP contribution < -0.4 is 11.1 Å². The van der Waals surface area contributed by atoms with Crippen molar-refractivity contribution in [1.82, 2.24) is 4.98 Å². The first kappa shape index (κ1) is 12.9. The Morgan fingerprint density at radius 2 is 2.11 bits per heavy atom. The molecule has 0 saturated heterocycles. The van der Waals surface area contributed by atoms with Crippen molar-refractivity contribution >= 4 is 44.6 Å². The minimum atomic E-state index is -0.334. The second-order valence-electron chi connectivity index (χ2n) is 3.55. The lowest BCUT2D eigenvalue weighted by molar-refractivity contribution is 0.622. The summed E-state index contributed by atoms with van der Waals surface area (Å²) in [4.78, 5) is 4.43. The van der Waals surface area contributed by atoms with Crippen LogP contribution in [0.2, 0.25) is 0 Å². The molecule has 0 radical (unpaired) electrons. The van der Waals surface area contributed by atoms with Gasteiger partial charge in [0, 0.05) is 17.4 Å². The normalized spacial score (nSPS) is 10.1. The minimum Gasteiger partial charge on any atom is -0.389 e. The quantitative estimate of drug-likeness (QED) is 0.849.